The van der Waals surface area contributed by atoms with E-state index < -0.39 is 10.1 Å². The van der Waals surface area contributed by atoms with Crippen molar-refractivity contribution in [3.8, 4) is 0 Å². The molecule has 0 fully saturated rings. The molecule has 0 atom stereocenters. The van der Waals surface area contributed by atoms with Gasteiger partial charge in [-0.05, 0) is 6.08 Å². The first-order valence-corrected chi connectivity index (χ1v) is 5.05. The molecule has 0 bridgehead atoms. The molecule has 1 aliphatic heterocycles. The maximum Gasteiger partial charge on any atom is 0.283 e. The number of hydrogen-bond donors (Lipinski definition) is 0. The molecule has 0 aliphatic carbocycles. The summed E-state index contributed by atoms with van der Waals surface area (Å²) in [5.74, 6) is 0. The van der Waals surface area contributed by atoms with E-state index in [1.54, 1.807) is 18.2 Å². The van der Waals surface area contributed by atoms with Crippen LogP contribution in [0.1, 0.15) is 0 Å². The number of rotatable bonds is 2. The summed E-state index contributed by atoms with van der Waals surface area (Å²) < 4.78 is 25.7. The minimum Gasteiger partial charge on any atom is -0.387 e. The minimum atomic E-state index is -3.51. The third-order valence-corrected chi connectivity index (χ3v) is 1.41. The molecule has 0 amide bonds. The van der Waals surface area contributed by atoms with Gasteiger partial charge in [0.1, 0.15) is 6.26 Å². The lowest BCUT2D eigenvalue weighted by Crippen LogP contribution is -2.25. The molecule has 1 heterocycles. The molecule has 1 rings (SSSR count). The smallest absolute Gasteiger partial charge is 0.283 e. The first-order valence-electron chi connectivity index (χ1n) is 3.23. The van der Waals surface area contributed by atoms with Crippen molar-refractivity contribution in [3.05, 3.63) is 24.5 Å². The molecule has 1 aliphatic rings. The fourth-order valence-electron chi connectivity index (χ4n) is 0.616. The van der Waals surface area contributed by atoms with Gasteiger partial charge in [0.25, 0.3) is 10.1 Å². The van der Waals surface area contributed by atoms with Crippen molar-refractivity contribution >= 4 is 10.1 Å². The van der Waals surface area contributed by atoms with Crippen LogP contribution in [-0.2, 0) is 19.2 Å². The van der Waals surface area contributed by atoms with Gasteiger partial charge in [0.2, 0.25) is 0 Å². The summed E-state index contributed by atoms with van der Waals surface area (Å²) in [4.78, 5) is 4.77. The summed E-state index contributed by atoms with van der Waals surface area (Å²) >= 11 is 0. The lowest BCUT2D eigenvalue weighted by Gasteiger charge is -2.14. The van der Waals surface area contributed by atoms with Crippen LogP contribution in [-0.4, -0.2) is 26.4 Å². The Hall–Kier alpha value is -0.850. The van der Waals surface area contributed by atoms with Gasteiger partial charge < -0.3 is 4.84 Å². The molecule has 12 heavy (non-hydrogen) atoms. The van der Waals surface area contributed by atoms with Crippen LogP contribution >= 0.6 is 0 Å². The highest BCUT2D eigenvalue weighted by Gasteiger charge is 2.11. The molecular weight excluding hydrogens is 182 g/mol. The molecule has 0 aromatic rings. The Morgan fingerprint density at radius 2 is 2.25 bits per heavy atom. The van der Waals surface area contributed by atoms with Crippen molar-refractivity contribution in [1.82, 2.24) is 5.23 Å². The SMILES string of the molecule is CS(=O)(=O)ON1CC=CC=CO1. The van der Waals surface area contributed by atoms with E-state index in [2.05, 4.69) is 4.28 Å². The van der Waals surface area contributed by atoms with Gasteiger partial charge in [-0.15, -0.1) is 4.28 Å². The summed E-state index contributed by atoms with van der Waals surface area (Å²) in [7, 11) is -3.51. The van der Waals surface area contributed by atoms with E-state index in [4.69, 9.17) is 4.84 Å². The molecule has 5 nitrogen and oxygen atoms in total. The molecule has 0 radical (unpaired) electrons. The summed E-state index contributed by atoms with van der Waals surface area (Å²) in [5.41, 5.74) is 0. The molecule has 6 heteroatoms. The lowest BCUT2D eigenvalue weighted by atomic mass is 10.5. The second-order valence-corrected chi connectivity index (χ2v) is 3.71. The monoisotopic (exact) mass is 191 g/mol. The Morgan fingerprint density at radius 3 is 2.92 bits per heavy atom. The lowest BCUT2D eigenvalue weighted by molar-refractivity contribution is -0.274. The second-order valence-electron chi connectivity index (χ2n) is 2.16. The average Bonchev–Trinajstić information content (AvgIpc) is 2.12. The van der Waals surface area contributed by atoms with Gasteiger partial charge in [-0.1, -0.05) is 12.2 Å². The van der Waals surface area contributed by atoms with Gasteiger partial charge in [0.05, 0.1) is 12.8 Å². The van der Waals surface area contributed by atoms with Gasteiger partial charge in [-0.25, -0.2) is 0 Å². The van der Waals surface area contributed by atoms with Crippen LogP contribution in [0.15, 0.2) is 24.5 Å². The Balaban J connectivity index is 2.54. The summed E-state index contributed by atoms with van der Waals surface area (Å²) in [5, 5.41) is 0.870. The van der Waals surface area contributed by atoms with Crippen molar-refractivity contribution in [2.75, 3.05) is 12.8 Å². The van der Waals surface area contributed by atoms with Crippen molar-refractivity contribution in [1.29, 1.82) is 0 Å². The third kappa shape index (κ3) is 3.51. The van der Waals surface area contributed by atoms with Crippen LogP contribution in [0.25, 0.3) is 0 Å². The first kappa shape index (κ1) is 9.24. The van der Waals surface area contributed by atoms with E-state index in [-0.39, 0.29) is 6.54 Å². The highest BCUT2D eigenvalue weighted by molar-refractivity contribution is 7.85. The van der Waals surface area contributed by atoms with Crippen LogP contribution in [0.2, 0.25) is 0 Å². The average molecular weight is 191 g/mol. The number of hydroxylamine groups is 2. The summed E-state index contributed by atoms with van der Waals surface area (Å²) in [6, 6.07) is 0. The molecule has 0 N–H and O–H groups in total. The Bertz CT molecular complexity index is 279. The van der Waals surface area contributed by atoms with Crippen molar-refractivity contribution in [2.24, 2.45) is 0 Å². The first-order chi connectivity index (χ1) is 5.58. The second kappa shape index (κ2) is 3.70. The Kier molecular flexibility index (Phi) is 2.85. The molecular formula is C6H9NO4S. The maximum atomic E-state index is 10.6. The zero-order valence-corrected chi connectivity index (χ0v) is 7.32. The number of nitrogens with zero attached hydrogens (tertiary/aromatic N) is 1. The van der Waals surface area contributed by atoms with E-state index >= 15 is 0 Å². The third-order valence-electron chi connectivity index (χ3n) is 0.977. The molecule has 0 aromatic carbocycles. The van der Waals surface area contributed by atoms with Crippen LogP contribution in [0.5, 0.6) is 0 Å². The van der Waals surface area contributed by atoms with Gasteiger partial charge in [-0.3, -0.25) is 0 Å². The van der Waals surface area contributed by atoms with Gasteiger partial charge in [0.15, 0.2) is 0 Å². The quantitative estimate of drug-likeness (QED) is 0.623. The standard InChI is InChI=1S/C6H9NO4S/c1-12(8,9)11-7-5-3-2-4-6-10-7/h2-4,6H,5H2,1H3. The fourth-order valence-corrected chi connectivity index (χ4v) is 1.01. The summed E-state index contributed by atoms with van der Waals surface area (Å²) in [6.45, 7) is 0.264. The zero-order chi connectivity index (χ0) is 9.03. The van der Waals surface area contributed by atoms with Crippen LogP contribution in [0.3, 0.4) is 0 Å². The van der Waals surface area contributed by atoms with Crippen LogP contribution < -0.4 is 0 Å². The largest absolute Gasteiger partial charge is 0.387 e. The molecule has 0 unspecified atom stereocenters. The van der Waals surface area contributed by atoms with E-state index in [0.29, 0.717) is 0 Å². The molecule has 0 spiro atoms. The summed E-state index contributed by atoms with van der Waals surface area (Å²) in [6.07, 6.45) is 7.34. The predicted molar refractivity (Wildman–Crippen MR) is 42.0 cm³/mol. The van der Waals surface area contributed by atoms with E-state index in [1.807, 2.05) is 0 Å². The van der Waals surface area contributed by atoms with Crippen molar-refractivity contribution in [2.45, 2.75) is 0 Å². The maximum absolute atomic E-state index is 10.6. The normalized spacial score (nSPS) is 18.8. The minimum absolute atomic E-state index is 0.264. The molecule has 0 saturated heterocycles. The number of allylic oxidation sites excluding steroid dienone is 2. The number of hydrogen-bond acceptors (Lipinski definition) is 5. The van der Waals surface area contributed by atoms with Crippen molar-refractivity contribution in [3.63, 3.8) is 0 Å². The molecule has 68 valence electrons. The fraction of sp³-hybridized carbons (Fsp3) is 0.333. The molecule has 0 saturated carbocycles. The van der Waals surface area contributed by atoms with Gasteiger partial charge in [-0.2, -0.15) is 8.42 Å². The van der Waals surface area contributed by atoms with Gasteiger partial charge >= 0.3 is 0 Å². The zero-order valence-electron chi connectivity index (χ0n) is 6.50. The Morgan fingerprint density at radius 1 is 1.50 bits per heavy atom. The predicted octanol–water partition coefficient (Wildman–Crippen LogP) is 0.195. The topological polar surface area (TPSA) is 55.8 Å². The van der Waals surface area contributed by atoms with Crippen LogP contribution in [0.4, 0.5) is 0 Å². The molecule has 0 aromatic heterocycles. The van der Waals surface area contributed by atoms with Crippen molar-refractivity contribution < 1.29 is 17.5 Å². The highest BCUT2D eigenvalue weighted by atomic mass is 32.2. The van der Waals surface area contributed by atoms with E-state index in [0.717, 1.165) is 11.5 Å². The van der Waals surface area contributed by atoms with Gasteiger partial charge in [0, 0.05) is 5.23 Å². The highest BCUT2D eigenvalue weighted by Crippen LogP contribution is 2.01. The Labute approximate surface area is 70.9 Å². The van der Waals surface area contributed by atoms with Crippen LogP contribution in [0, 0.1) is 0 Å². The van der Waals surface area contributed by atoms with E-state index in [9.17, 15) is 8.42 Å². The van der Waals surface area contributed by atoms with E-state index in [1.165, 1.54) is 6.26 Å².